The molecule has 0 aromatic carbocycles. The molecule has 9 nitrogen and oxygen atoms in total. The number of hydrogen-bond acceptors (Lipinski definition) is 8. The monoisotopic (exact) mass is 566 g/mol. The Morgan fingerprint density at radius 3 is 2.70 bits per heavy atom. The van der Waals surface area contributed by atoms with Gasteiger partial charge in [0.15, 0.2) is 29.1 Å². The van der Waals surface area contributed by atoms with Gasteiger partial charge in [-0.05, 0) is 63.2 Å². The van der Waals surface area contributed by atoms with Crippen LogP contribution in [0.3, 0.4) is 0 Å². The predicted octanol–water partition coefficient (Wildman–Crippen LogP) is 2.20. The number of ether oxygens (including phenoxy) is 3. The van der Waals surface area contributed by atoms with Gasteiger partial charge in [-0.25, -0.2) is 8.78 Å². The first-order chi connectivity index (χ1) is 18.8. The molecule has 0 radical (unpaired) electrons. The molecule has 11 heteroatoms. The molecule has 0 bridgehead atoms. The van der Waals surface area contributed by atoms with Crippen LogP contribution in [0.4, 0.5) is 8.78 Å². The third kappa shape index (κ3) is 3.91. The van der Waals surface area contributed by atoms with Crippen molar-refractivity contribution in [2.24, 2.45) is 28.4 Å². The predicted molar refractivity (Wildman–Crippen MR) is 139 cm³/mol. The molecule has 0 aromatic rings. The summed E-state index contributed by atoms with van der Waals surface area (Å²) >= 11 is 0. The van der Waals surface area contributed by atoms with Gasteiger partial charge in [0.1, 0.15) is 19.5 Å². The summed E-state index contributed by atoms with van der Waals surface area (Å²) in [6, 6.07) is -0.744. The lowest BCUT2D eigenvalue weighted by atomic mass is 9.44. The van der Waals surface area contributed by atoms with Crippen molar-refractivity contribution in [3.63, 3.8) is 0 Å². The van der Waals surface area contributed by atoms with Crippen molar-refractivity contribution >= 4 is 17.5 Å². The van der Waals surface area contributed by atoms with Crippen LogP contribution in [0, 0.1) is 22.7 Å². The minimum absolute atomic E-state index is 0.0446. The van der Waals surface area contributed by atoms with Crippen LogP contribution in [-0.2, 0) is 28.6 Å². The first kappa shape index (κ1) is 29.4. The molecular formula is C29H40F2N2O7. The smallest absolute Gasteiger partial charge is 0.238 e. The summed E-state index contributed by atoms with van der Waals surface area (Å²) in [5.41, 5.74) is -0.843. The number of allylic oxidation sites excluding steroid dienone is 4. The number of rotatable bonds is 8. The van der Waals surface area contributed by atoms with E-state index >= 15 is 8.78 Å². The van der Waals surface area contributed by atoms with E-state index in [0.29, 0.717) is 6.42 Å². The molecule has 222 valence electrons. The Hall–Kier alpha value is -2.05. The zero-order valence-corrected chi connectivity index (χ0v) is 23.5. The number of carbonyl (C=O) groups is 3. The summed E-state index contributed by atoms with van der Waals surface area (Å²) in [4.78, 5) is 37.9. The number of aliphatic hydroxyl groups is 1. The fourth-order valence-corrected chi connectivity index (χ4v) is 8.42. The molecule has 1 saturated heterocycles. The number of fused-ring (bicyclic) bond motifs is 7. The topological polar surface area (TPSA) is 137 Å². The molecule has 1 heterocycles. The zero-order valence-electron chi connectivity index (χ0n) is 23.5. The Bertz CT molecular complexity index is 1150. The normalized spacial score (nSPS) is 46.1. The third-order valence-electron chi connectivity index (χ3n) is 10.4. The second kappa shape index (κ2) is 10.0. The minimum atomic E-state index is -2.27. The highest BCUT2D eigenvalue weighted by Gasteiger charge is 2.80. The highest BCUT2D eigenvalue weighted by atomic mass is 19.1. The molecule has 0 spiro atoms. The van der Waals surface area contributed by atoms with Crippen LogP contribution in [0.25, 0.3) is 0 Å². The van der Waals surface area contributed by atoms with Crippen LogP contribution < -0.4 is 11.1 Å². The van der Waals surface area contributed by atoms with Crippen molar-refractivity contribution in [2.75, 3.05) is 13.3 Å². The van der Waals surface area contributed by atoms with Crippen molar-refractivity contribution in [3.05, 3.63) is 23.8 Å². The van der Waals surface area contributed by atoms with Gasteiger partial charge in [-0.15, -0.1) is 0 Å². The first-order valence-electron chi connectivity index (χ1n) is 14.2. The van der Waals surface area contributed by atoms with Gasteiger partial charge in [-0.2, -0.15) is 0 Å². The lowest BCUT2D eigenvalue weighted by Crippen LogP contribution is -2.71. The highest BCUT2D eigenvalue weighted by molar-refractivity contribution is 6.01. The molecule has 0 aromatic heterocycles. The van der Waals surface area contributed by atoms with E-state index in [4.69, 9.17) is 19.9 Å². The van der Waals surface area contributed by atoms with Crippen LogP contribution in [0.5, 0.6) is 0 Å². The fraction of sp³-hybridized carbons (Fsp3) is 0.759. The lowest BCUT2D eigenvalue weighted by molar-refractivity contribution is -0.235. The second-order valence-corrected chi connectivity index (χ2v) is 12.5. The summed E-state index contributed by atoms with van der Waals surface area (Å²) < 4.78 is 51.4. The number of Topliss-reactive ketones (excluding diaryl/α,β-unsaturated/α-hetero) is 1. The summed E-state index contributed by atoms with van der Waals surface area (Å²) in [5, 5.41) is 14.1. The van der Waals surface area contributed by atoms with E-state index in [9.17, 15) is 19.5 Å². The zero-order chi connectivity index (χ0) is 29.3. The Kier molecular flexibility index (Phi) is 7.39. The van der Waals surface area contributed by atoms with Gasteiger partial charge in [0.05, 0.1) is 18.2 Å². The van der Waals surface area contributed by atoms with Gasteiger partial charge >= 0.3 is 0 Å². The number of carbonyl (C=O) groups excluding carboxylic acids is 3. The summed E-state index contributed by atoms with van der Waals surface area (Å²) in [7, 11) is 0. The van der Waals surface area contributed by atoms with Crippen molar-refractivity contribution in [1.82, 2.24) is 5.32 Å². The van der Waals surface area contributed by atoms with E-state index in [1.165, 1.54) is 26.0 Å². The molecule has 4 N–H and O–H groups in total. The average molecular weight is 567 g/mol. The van der Waals surface area contributed by atoms with Crippen LogP contribution in [0.2, 0.25) is 0 Å². The van der Waals surface area contributed by atoms with Crippen LogP contribution in [0.15, 0.2) is 23.8 Å². The van der Waals surface area contributed by atoms with Crippen molar-refractivity contribution < 1.29 is 42.5 Å². The van der Waals surface area contributed by atoms with Gasteiger partial charge in [-0.1, -0.05) is 26.3 Å². The number of aliphatic hydroxyl groups excluding tert-OH is 1. The van der Waals surface area contributed by atoms with Crippen LogP contribution in [0.1, 0.15) is 59.8 Å². The Balaban J connectivity index is 1.49. The van der Waals surface area contributed by atoms with Gasteiger partial charge in [0, 0.05) is 16.7 Å². The second-order valence-electron chi connectivity index (χ2n) is 12.5. The number of ketones is 2. The van der Waals surface area contributed by atoms with Crippen molar-refractivity contribution in [1.29, 1.82) is 0 Å². The van der Waals surface area contributed by atoms with Gasteiger partial charge < -0.3 is 30.4 Å². The van der Waals surface area contributed by atoms with Crippen LogP contribution in [-0.4, -0.2) is 77.9 Å². The van der Waals surface area contributed by atoms with E-state index in [2.05, 4.69) is 5.32 Å². The molecule has 3 saturated carbocycles. The highest BCUT2D eigenvalue weighted by Crippen LogP contribution is 2.72. The minimum Gasteiger partial charge on any atom is -0.390 e. The Morgan fingerprint density at radius 1 is 1.30 bits per heavy atom. The molecule has 4 fully saturated rings. The molecule has 1 aliphatic heterocycles. The fourth-order valence-electron chi connectivity index (χ4n) is 8.42. The summed E-state index contributed by atoms with van der Waals surface area (Å²) in [6.07, 6.45) is 0.385. The number of amides is 1. The van der Waals surface area contributed by atoms with Gasteiger partial charge in [0.2, 0.25) is 5.91 Å². The maximum Gasteiger partial charge on any atom is 0.238 e. The molecule has 4 aliphatic carbocycles. The van der Waals surface area contributed by atoms with Crippen LogP contribution >= 0.6 is 0 Å². The Labute approximate surface area is 232 Å². The molecule has 40 heavy (non-hydrogen) atoms. The third-order valence-corrected chi connectivity index (χ3v) is 10.4. The number of halogens is 2. The van der Waals surface area contributed by atoms with E-state index in [1.807, 2.05) is 6.92 Å². The van der Waals surface area contributed by atoms with Crippen molar-refractivity contribution in [3.8, 4) is 0 Å². The quantitative estimate of drug-likeness (QED) is 0.301. The van der Waals surface area contributed by atoms with E-state index in [1.54, 1.807) is 6.92 Å². The summed E-state index contributed by atoms with van der Waals surface area (Å²) in [5.74, 6) is -2.80. The number of nitrogens with one attached hydrogen (secondary N) is 1. The van der Waals surface area contributed by atoms with E-state index in [0.717, 1.165) is 12.5 Å². The first-order valence-corrected chi connectivity index (χ1v) is 14.2. The largest absolute Gasteiger partial charge is 0.390 e. The molecule has 11 atom stereocenters. The number of alkyl halides is 2. The van der Waals surface area contributed by atoms with E-state index in [-0.39, 0.29) is 31.6 Å². The Morgan fingerprint density at radius 2 is 2.02 bits per heavy atom. The molecule has 1 amide bonds. The molecular weight excluding hydrogens is 526 g/mol. The molecule has 5 rings (SSSR count). The van der Waals surface area contributed by atoms with Crippen molar-refractivity contribution in [2.45, 2.75) is 102 Å². The summed E-state index contributed by atoms with van der Waals surface area (Å²) in [6.45, 7) is 6.17. The number of hydrogen-bond donors (Lipinski definition) is 3. The number of nitrogens with two attached hydrogens (primary N) is 1. The lowest BCUT2D eigenvalue weighted by Gasteiger charge is -2.63. The molecule has 1 unspecified atom stereocenters. The molecule has 5 aliphatic rings. The van der Waals surface area contributed by atoms with Gasteiger partial charge in [-0.3, -0.25) is 14.4 Å². The maximum atomic E-state index is 17.5. The van der Waals surface area contributed by atoms with Gasteiger partial charge in [0.25, 0.3) is 0 Å². The van der Waals surface area contributed by atoms with E-state index < -0.39 is 88.7 Å². The SMILES string of the molecule is CCCC1O[C@@H]2C[C@H]3[C@@H]4C[C@H](F)C5=CC(=O)C=C[C@]5(C)[C@@]4(F)[C@@H](O)C[C@]3(C)[C@]2(C(=O)COCNC(=O)[C@H](C)N)O1. The standard InChI is InChI=1S/C29H40F2N2O7/c1-5-6-24-39-23-11-17-18-10-20(30)19-9-16(34)7-8-26(19,3)28(18,31)21(35)12-27(17,4)29(23,40-24)22(36)13-38-14-33-25(37)15(2)32/h7-9,15,17-18,20-21,23-24,35H,5-6,10-14,32H2,1-4H3,(H,33,37)/t15-,17-,18-,20-,21-,23+,24?,26-,27-,28-,29+/m0/s1. The maximum absolute atomic E-state index is 17.5. The average Bonchev–Trinajstić information content (AvgIpc) is 3.37.